The van der Waals surface area contributed by atoms with Gasteiger partial charge in [0.2, 0.25) is 6.79 Å². The van der Waals surface area contributed by atoms with Crippen molar-refractivity contribution in [1.29, 1.82) is 0 Å². The van der Waals surface area contributed by atoms with Crippen molar-refractivity contribution in [3.05, 3.63) is 23.8 Å². The molecule has 1 fully saturated rings. The quantitative estimate of drug-likeness (QED) is 0.805. The summed E-state index contributed by atoms with van der Waals surface area (Å²) >= 11 is 0. The van der Waals surface area contributed by atoms with Crippen molar-refractivity contribution >= 4 is 0 Å². The predicted molar refractivity (Wildman–Crippen MR) is 65.0 cm³/mol. The van der Waals surface area contributed by atoms with Gasteiger partial charge in [-0.1, -0.05) is 6.07 Å². The second kappa shape index (κ2) is 4.20. The molecule has 92 valence electrons. The van der Waals surface area contributed by atoms with E-state index >= 15 is 0 Å². The molecule has 3 N–H and O–H groups in total. The molecule has 1 aromatic carbocycles. The normalized spacial score (nSPS) is 19.4. The highest BCUT2D eigenvalue weighted by Crippen LogP contribution is 2.43. The van der Waals surface area contributed by atoms with Crippen molar-refractivity contribution in [3.8, 4) is 11.5 Å². The first-order chi connectivity index (χ1) is 8.31. The van der Waals surface area contributed by atoms with E-state index in [0.717, 1.165) is 31.1 Å². The van der Waals surface area contributed by atoms with E-state index in [1.807, 2.05) is 12.1 Å². The van der Waals surface area contributed by atoms with Crippen LogP contribution in [0.5, 0.6) is 11.5 Å². The second-order valence-corrected chi connectivity index (χ2v) is 5.00. The van der Waals surface area contributed by atoms with Gasteiger partial charge in [-0.3, -0.25) is 0 Å². The molecule has 1 aromatic rings. The fourth-order valence-electron chi connectivity index (χ4n) is 2.15. The van der Waals surface area contributed by atoms with Gasteiger partial charge >= 0.3 is 0 Å². The molecule has 1 saturated carbocycles. The van der Waals surface area contributed by atoms with Crippen molar-refractivity contribution in [3.63, 3.8) is 0 Å². The standard InChI is InChI=1S/C13H18N2O2/c14-7-13(3-4-13)8-15-6-10-1-2-11-12(5-10)17-9-16-11/h1-2,5,15H,3-4,6-9,14H2. The number of hydrogen-bond acceptors (Lipinski definition) is 4. The molecule has 3 rings (SSSR count). The molecule has 1 aliphatic heterocycles. The molecular weight excluding hydrogens is 216 g/mol. The molecule has 0 amide bonds. The van der Waals surface area contributed by atoms with Gasteiger partial charge in [0.15, 0.2) is 11.5 Å². The van der Waals surface area contributed by atoms with Crippen LogP contribution in [0.2, 0.25) is 0 Å². The van der Waals surface area contributed by atoms with E-state index in [1.54, 1.807) is 0 Å². The third-order valence-electron chi connectivity index (χ3n) is 3.66. The van der Waals surface area contributed by atoms with E-state index < -0.39 is 0 Å². The predicted octanol–water partition coefficient (Wildman–Crippen LogP) is 1.24. The van der Waals surface area contributed by atoms with Crippen molar-refractivity contribution in [2.75, 3.05) is 19.9 Å². The molecule has 0 spiro atoms. The molecule has 1 heterocycles. The summed E-state index contributed by atoms with van der Waals surface area (Å²) in [6.45, 7) is 3.00. The van der Waals surface area contributed by atoms with Crippen molar-refractivity contribution < 1.29 is 9.47 Å². The Hall–Kier alpha value is -1.26. The average Bonchev–Trinajstić information content (AvgIpc) is 2.98. The van der Waals surface area contributed by atoms with Gasteiger partial charge in [-0.25, -0.2) is 0 Å². The first-order valence-corrected chi connectivity index (χ1v) is 6.11. The minimum Gasteiger partial charge on any atom is -0.454 e. The molecule has 0 aromatic heterocycles. The Kier molecular flexibility index (Phi) is 2.68. The van der Waals surface area contributed by atoms with Crippen LogP contribution < -0.4 is 20.5 Å². The smallest absolute Gasteiger partial charge is 0.231 e. The van der Waals surface area contributed by atoms with Crippen LogP contribution in [0.15, 0.2) is 18.2 Å². The summed E-state index contributed by atoms with van der Waals surface area (Å²) < 4.78 is 10.6. The van der Waals surface area contributed by atoms with Crippen LogP contribution in [-0.2, 0) is 6.54 Å². The summed E-state index contributed by atoms with van der Waals surface area (Å²) in [6.07, 6.45) is 2.52. The van der Waals surface area contributed by atoms with E-state index in [1.165, 1.54) is 18.4 Å². The van der Waals surface area contributed by atoms with Crippen molar-refractivity contribution in [2.45, 2.75) is 19.4 Å². The summed E-state index contributed by atoms with van der Waals surface area (Å²) in [5.74, 6) is 1.69. The van der Waals surface area contributed by atoms with Gasteiger partial charge in [0, 0.05) is 13.1 Å². The molecule has 0 unspecified atom stereocenters. The number of nitrogens with one attached hydrogen (secondary N) is 1. The van der Waals surface area contributed by atoms with Crippen LogP contribution in [0, 0.1) is 5.41 Å². The third kappa shape index (κ3) is 2.23. The largest absolute Gasteiger partial charge is 0.454 e. The van der Waals surface area contributed by atoms with E-state index in [-0.39, 0.29) is 0 Å². The maximum absolute atomic E-state index is 5.75. The van der Waals surface area contributed by atoms with Gasteiger partial charge in [-0.2, -0.15) is 0 Å². The second-order valence-electron chi connectivity index (χ2n) is 5.00. The van der Waals surface area contributed by atoms with Crippen molar-refractivity contribution in [2.24, 2.45) is 11.1 Å². The molecule has 1 aliphatic carbocycles. The van der Waals surface area contributed by atoms with Gasteiger partial charge in [0.1, 0.15) is 0 Å². The molecule has 0 saturated heterocycles. The summed E-state index contributed by atoms with van der Waals surface area (Å²) in [7, 11) is 0. The minimum atomic E-state index is 0.336. The molecule has 2 aliphatic rings. The van der Waals surface area contributed by atoms with Crippen LogP contribution in [0.3, 0.4) is 0 Å². The number of rotatable bonds is 5. The molecule has 0 atom stereocenters. The molecular formula is C13H18N2O2. The van der Waals surface area contributed by atoms with E-state index in [2.05, 4.69) is 11.4 Å². The lowest BCUT2D eigenvalue weighted by molar-refractivity contribution is 0.174. The SMILES string of the molecule is NCC1(CNCc2ccc3c(c2)OCO3)CC1. The van der Waals surface area contributed by atoms with Crippen LogP contribution in [0.1, 0.15) is 18.4 Å². The van der Waals surface area contributed by atoms with E-state index in [4.69, 9.17) is 15.2 Å². The molecule has 0 bridgehead atoms. The maximum Gasteiger partial charge on any atom is 0.231 e. The van der Waals surface area contributed by atoms with Crippen LogP contribution in [0.25, 0.3) is 0 Å². The lowest BCUT2D eigenvalue weighted by Crippen LogP contribution is -2.29. The highest BCUT2D eigenvalue weighted by Gasteiger charge is 2.40. The van der Waals surface area contributed by atoms with E-state index in [0.29, 0.717) is 12.2 Å². The molecule has 4 heteroatoms. The van der Waals surface area contributed by atoms with E-state index in [9.17, 15) is 0 Å². The van der Waals surface area contributed by atoms with Crippen LogP contribution in [0.4, 0.5) is 0 Å². The zero-order valence-electron chi connectivity index (χ0n) is 9.87. The fraction of sp³-hybridized carbons (Fsp3) is 0.538. The van der Waals surface area contributed by atoms with Gasteiger partial charge in [0.05, 0.1) is 0 Å². The Morgan fingerprint density at radius 1 is 1.24 bits per heavy atom. The zero-order valence-corrected chi connectivity index (χ0v) is 9.87. The Bertz CT molecular complexity index is 416. The first kappa shape index (κ1) is 10.9. The minimum absolute atomic E-state index is 0.336. The summed E-state index contributed by atoms with van der Waals surface area (Å²) in [5, 5.41) is 3.47. The first-order valence-electron chi connectivity index (χ1n) is 6.11. The van der Waals surface area contributed by atoms with Crippen LogP contribution >= 0.6 is 0 Å². The van der Waals surface area contributed by atoms with Crippen molar-refractivity contribution in [1.82, 2.24) is 5.32 Å². The Morgan fingerprint density at radius 3 is 2.82 bits per heavy atom. The maximum atomic E-state index is 5.75. The summed E-state index contributed by atoms with van der Waals surface area (Å²) in [4.78, 5) is 0. The third-order valence-corrected chi connectivity index (χ3v) is 3.66. The Labute approximate surface area is 101 Å². The van der Waals surface area contributed by atoms with Gasteiger partial charge in [-0.05, 0) is 42.5 Å². The average molecular weight is 234 g/mol. The number of hydrogen-bond donors (Lipinski definition) is 2. The lowest BCUT2D eigenvalue weighted by atomic mass is 10.1. The van der Waals surface area contributed by atoms with Gasteiger partial charge < -0.3 is 20.5 Å². The number of nitrogens with two attached hydrogens (primary N) is 1. The fourth-order valence-corrected chi connectivity index (χ4v) is 2.15. The number of ether oxygens (including phenoxy) is 2. The Morgan fingerprint density at radius 2 is 2.06 bits per heavy atom. The topological polar surface area (TPSA) is 56.5 Å². The highest BCUT2D eigenvalue weighted by molar-refractivity contribution is 5.44. The molecule has 4 nitrogen and oxygen atoms in total. The Balaban J connectivity index is 1.55. The molecule has 0 radical (unpaired) electrons. The highest BCUT2D eigenvalue weighted by atomic mass is 16.7. The number of fused-ring (bicyclic) bond motifs is 1. The van der Waals surface area contributed by atoms with Crippen LogP contribution in [-0.4, -0.2) is 19.9 Å². The lowest BCUT2D eigenvalue weighted by Gasteiger charge is -2.13. The van der Waals surface area contributed by atoms with Gasteiger partial charge in [0.25, 0.3) is 0 Å². The number of benzene rings is 1. The zero-order chi connectivity index (χ0) is 11.7. The summed E-state index contributed by atoms with van der Waals surface area (Å²) in [6, 6.07) is 6.08. The molecule has 17 heavy (non-hydrogen) atoms. The van der Waals surface area contributed by atoms with Gasteiger partial charge in [-0.15, -0.1) is 0 Å². The summed E-state index contributed by atoms with van der Waals surface area (Å²) in [5.41, 5.74) is 7.35. The monoisotopic (exact) mass is 234 g/mol.